The van der Waals surface area contributed by atoms with Crippen molar-refractivity contribution in [3.63, 3.8) is 0 Å². The fourth-order valence-corrected chi connectivity index (χ4v) is 1.25. The topological polar surface area (TPSA) is 98.5 Å². The van der Waals surface area contributed by atoms with Crippen LogP contribution in [0.3, 0.4) is 0 Å². The van der Waals surface area contributed by atoms with E-state index in [0.717, 1.165) is 6.08 Å². The van der Waals surface area contributed by atoms with Crippen molar-refractivity contribution >= 4 is 23.6 Å². The van der Waals surface area contributed by atoms with Crippen LogP contribution < -0.4 is 5.32 Å². The third kappa shape index (κ3) is 4.58. The van der Waals surface area contributed by atoms with Crippen molar-refractivity contribution in [1.82, 2.24) is 5.32 Å². The van der Waals surface area contributed by atoms with Crippen molar-refractivity contribution < 1.29 is 19.2 Å². The lowest BCUT2D eigenvalue weighted by atomic mass is 10.1. The molecule has 0 aliphatic rings. The molecule has 0 saturated carbocycles. The van der Waals surface area contributed by atoms with E-state index in [1.54, 1.807) is 6.07 Å². The van der Waals surface area contributed by atoms with Crippen LogP contribution in [0.2, 0.25) is 0 Å². The second kappa shape index (κ2) is 6.90. The highest BCUT2D eigenvalue weighted by molar-refractivity contribution is 5.94. The van der Waals surface area contributed by atoms with Crippen molar-refractivity contribution in [3.05, 3.63) is 46.0 Å². The molecule has 1 aromatic rings. The molecule has 0 bridgehead atoms. The predicted molar refractivity (Wildman–Crippen MR) is 67.2 cm³/mol. The number of carbonyl (C=O) groups excluding carboxylic acids is 2. The van der Waals surface area contributed by atoms with E-state index in [-0.39, 0.29) is 12.2 Å². The van der Waals surface area contributed by atoms with Gasteiger partial charge in [-0.2, -0.15) is 0 Å². The summed E-state index contributed by atoms with van der Waals surface area (Å²) < 4.78 is 4.35. The van der Waals surface area contributed by atoms with Gasteiger partial charge in [0.2, 0.25) is 5.91 Å². The van der Waals surface area contributed by atoms with Crippen molar-refractivity contribution in [3.8, 4) is 0 Å². The van der Waals surface area contributed by atoms with Gasteiger partial charge in [0.1, 0.15) is 6.54 Å². The Morgan fingerprint density at radius 3 is 2.74 bits per heavy atom. The van der Waals surface area contributed by atoms with Gasteiger partial charge in [-0.1, -0.05) is 12.1 Å². The standard InChI is InChI=1S/C12H12N2O5/c1-19-12(16)8-13-11(15)7-6-9-4-2-3-5-10(9)14(17)18/h2-7H,8H2,1H3,(H,13,15)/b7-6+. The van der Waals surface area contributed by atoms with Crippen molar-refractivity contribution in [2.75, 3.05) is 13.7 Å². The zero-order chi connectivity index (χ0) is 14.3. The molecule has 100 valence electrons. The van der Waals surface area contributed by atoms with Gasteiger partial charge in [-0.3, -0.25) is 19.7 Å². The van der Waals surface area contributed by atoms with Crippen molar-refractivity contribution in [1.29, 1.82) is 0 Å². The van der Waals surface area contributed by atoms with E-state index in [4.69, 9.17) is 0 Å². The summed E-state index contributed by atoms with van der Waals surface area (Å²) in [6.45, 7) is -0.253. The van der Waals surface area contributed by atoms with Crippen molar-refractivity contribution in [2.24, 2.45) is 0 Å². The minimum atomic E-state index is -0.576. The zero-order valence-electron chi connectivity index (χ0n) is 10.2. The Labute approximate surface area is 109 Å². The van der Waals surface area contributed by atoms with Gasteiger partial charge in [0, 0.05) is 12.1 Å². The van der Waals surface area contributed by atoms with Crippen LogP contribution in [0.4, 0.5) is 5.69 Å². The van der Waals surface area contributed by atoms with Crippen LogP contribution in [0.5, 0.6) is 0 Å². The highest BCUT2D eigenvalue weighted by Gasteiger charge is 2.09. The maximum Gasteiger partial charge on any atom is 0.325 e. The lowest BCUT2D eigenvalue weighted by Crippen LogP contribution is -2.28. The number of methoxy groups -OCH3 is 1. The van der Waals surface area contributed by atoms with Gasteiger partial charge in [0.05, 0.1) is 17.6 Å². The van der Waals surface area contributed by atoms with Gasteiger partial charge >= 0.3 is 5.97 Å². The second-order valence-electron chi connectivity index (χ2n) is 3.44. The molecule has 0 saturated heterocycles. The normalized spacial score (nSPS) is 10.2. The van der Waals surface area contributed by atoms with E-state index in [1.165, 1.54) is 31.4 Å². The summed E-state index contributed by atoms with van der Waals surface area (Å²) in [6.07, 6.45) is 2.43. The Morgan fingerprint density at radius 1 is 1.42 bits per heavy atom. The smallest absolute Gasteiger partial charge is 0.325 e. The summed E-state index contributed by atoms with van der Waals surface area (Å²) in [5.41, 5.74) is 0.209. The van der Waals surface area contributed by atoms with E-state index >= 15 is 0 Å². The number of para-hydroxylation sites is 1. The molecule has 1 rings (SSSR count). The lowest BCUT2D eigenvalue weighted by Gasteiger charge is -2.00. The van der Waals surface area contributed by atoms with E-state index in [2.05, 4.69) is 10.1 Å². The number of nitro groups is 1. The number of esters is 1. The SMILES string of the molecule is COC(=O)CNC(=O)/C=C/c1ccccc1[N+](=O)[O-]. The number of carbonyl (C=O) groups is 2. The monoisotopic (exact) mass is 264 g/mol. The average molecular weight is 264 g/mol. The zero-order valence-corrected chi connectivity index (χ0v) is 10.2. The first-order chi connectivity index (χ1) is 9.04. The first-order valence-electron chi connectivity index (χ1n) is 5.30. The number of ether oxygens (including phenoxy) is 1. The van der Waals surface area contributed by atoms with Gasteiger partial charge < -0.3 is 10.1 Å². The van der Waals surface area contributed by atoms with Crippen LogP contribution in [0.1, 0.15) is 5.56 Å². The summed E-state index contributed by atoms with van der Waals surface area (Å²) in [5.74, 6) is -1.11. The van der Waals surface area contributed by atoms with Crippen LogP contribution in [0.15, 0.2) is 30.3 Å². The molecule has 0 spiro atoms. The van der Waals surface area contributed by atoms with Crippen LogP contribution >= 0.6 is 0 Å². The third-order valence-electron chi connectivity index (χ3n) is 2.18. The maximum atomic E-state index is 11.3. The summed E-state index contributed by atoms with van der Waals surface area (Å²) in [5, 5.41) is 13.0. The molecule has 1 amide bonds. The van der Waals surface area contributed by atoms with E-state index in [1.807, 2.05) is 0 Å². The second-order valence-corrected chi connectivity index (χ2v) is 3.44. The lowest BCUT2D eigenvalue weighted by molar-refractivity contribution is -0.385. The van der Waals surface area contributed by atoms with Gasteiger partial charge in [-0.15, -0.1) is 0 Å². The minimum absolute atomic E-state index is 0.0977. The Bertz CT molecular complexity index is 525. The predicted octanol–water partition coefficient (Wildman–Crippen LogP) is 0.897. The quantitative estimate of drug-likeness (QED) is 0.368. The van der Waals surface area contributed by atoms with Crippen LogP contribution in [0.25, 0.3) is 6.08 Å². The number of benzene rings is 1. The molecule has 7 nitrogen and oxygen atoms in total. The Balaban J connectivity index is 2.69. The average Bonchev–Trinajstić information content (AvgIpc) is 2.42. The highest BCUT2D eigenvalue weighted by atomic mass is 16.6. The maximum absolute atomic E-state index is 11.3. The third-order valence-corrected chi connectivity index (χ3v) is 2.18. The van der Waals surface area contributed by atoms with Gasteiger partial charge in [0.15, 0.2) is 0 Å². The first-order valence-corrected chi connectivity index (χ1v) is 5.30. The molecule has 0 atom stereocenters. The largest absolute Gasteiger partial charge is 0.468 e. The number of hydrogen-bond donors (Lipinski definition) is 1. The highest BCUT2D eigenvalue weighted by Crippen LogP contribution is 2.18. The van der Waals surface area contributed by atoms with E-state index < -0.39 is 16.8 Å². The number of hydrogen-bond acceptors (Lipinski definition) is 5. The molecule has 0 fully saturated rings. The van der Waals surface area contributed by atoms with Crippen LogP contribution in [-0.4, -0.2) is 30.5 Å². The number of nitro benzene ring substituents is 1. The fraction of sp³-hybridized carbons (Fsp3) is 0.167. The summed E-state index contributed by atoms with van der Waals surface area (Å²) in [7, 11) is 1.21. The molecule has 0 aliphatic heterocycles. The summed E-state index contributed by atoms with van der Waals surface area (Å²) in [4.78, 5) is 32.3. The molecular weight excluding hydrogens is 252 g/mol. The molecule has 0 aliphatic carbocycles. The van der Waals surface area contributed by atoms with Gasteiger partial charge in [0.25, 0.3) is 5.69 Å². The molecule has 1 N–H and O–H groups in total. The van der Waals surface area contributed by atoms with Crippen molar-refractivity contribution in [2.45, 2.75) is 0 Å². The molecule has 0 heterocycles. The molecule has 0 radical (unpaired) electrons. The Kier molecular flexibility index (Phi) is 5.21. The van der Waals surface area contributed by atoms with Crippen LogP contribution in [-0.2, 0) is 14.3 Å². The van der Waals surface area contributed by atoms with Gasteiger partial charge in [-0.25, -0.2) is 0 Å². The fourth-order valence-electron chi connectivity index (χ4n) is 1.25. The number of nitrogens with one attached hydrogen (secondary N) is 1. The van der Waals surface area contributed by atoms with Gasteiger partial charge in [-0.05, 0) is 12.1 Å². The Morgan fingerprint density at radius 2 is 2.11 bits per heavy atom. The number of amides is 1. The molecule has 1 aromatic carbocycles. The molecule has 0 aromatic heterocycles. The molecular formula is C12H12N2O5. The summed E-state index contributed by atoms with van der Waals surface area (Å²) in [6, 6.07) is 6.01. The van der Waals surface area contributed by atoms with E-state index in [0.29, 0.717) is 5.56 Å². The molecule has 19 heavy (non-hydrogen) atoms. The number of nitrogens with zero attached hydrogens (tertiary/aromatic N) is 1. The molecule has 0 unspecified atom stereocenters. The van der Waals surface area contributed by atoms with Crippen LogP contribution in [0, 0.1) is 10.1 Å². The number of rotatable bonds is 5. The van der Waals surface area contributed by atoms with E-state index in [9.17, 15) is 19.7 Å². The Hall–Kier alpha value is -2.70. The first kappa shape index (κ1) is 14.4. The molecule has 7 heteroatoms. The minimum Gasteiger partial charge on any atom is -0.468 e. The summed E-state index contributed by atoms with van der Waals surface area (Å²) >= 11 is 0.